The summed E-state index contributed by atoms with van der Waals surface area (Å²) in [5.74, 6) is -9.37. The van der Waals surface area contributed by atoms with Crippen molar-refractivity contribution in [3.63, 3.8) is 0 Å². The zero-order valence-electron chi connectivity index (χ0n) is 58.2. The Morgan fingerprint density at radius 2 is 0.752 bits per heavy atom. The van der Waals surface area contributed by atoms with E-state index >= 15 is 0 Å². The van der Waals surface area contributed by atoms with Crippen molar-refractivity contribution in [2.45, 2.75) is 146 Å². The van der Waals surface area contributed by atoms with Crippen LogP contribution >= 0.6 is 0 Å². The van der Waals surface area contributed by atoms with Gasteiger partial charge in [0.05, 0.1) is 45.1 Å². The first kappa shape index (κ1) is 89.3. The molecule has 0 aliphatic carbocycles. The molecule has 4 amide bonds. The second kappa shape index (κ2) is 50.5. The number of hydrogen-bond acceptors (Lipinski definition) is 34. The van der Waals surface area contributed by atoms with Crippen molar-refractivity contribution < 1.29 is 167 Å². The van der Waals surface area contributed by atoms with Crippen molar-refractivity contribution in [3.05, 3.63) is 72.9 Å². The third kappa shape index (κ3) is 43.6. The lowest BCUT2D eigenvalue weighted by Crippen LogP contribution is -2.32. The number of alkyl carbamates (subject to hydrolysis) is 1. The molecule has 0 aromatic carbocycles. The van der Waals surface area contributed by atoms with Crippen LogP contribution < -0.4 is 16.0 Å². The van der Waals surface area contributed by atoms with Crippen LogP contribution in [0.5, 0.6) is 0 Å². The number of hydrogen-bond donors (Lipinski definition) is 4. The molecule has 39 nitrogen and oxygen atoms in total. The molecule has 7 fully saturated rings. The Morgan fingerprint density at radius 3 is 1.04 bits per heavy atom. The second-order valence-electron chi connectivity index (χ2n) is 22.2. The number of ether oxygens (including phenoxy) is 15. The van der Waals surface area contributed by atoms with Gasteiger partial charge in [-0.25, -0.2) is 62.3 Å². The average molecular weight is 1490 g/mol. The van der Waals surface area contributed by atoms with Crippen molar-refractivity contribution in [2.24, 2.45) is 0 Å². The fourth-order valence-electron chi connectivity index (χ4n) is 8.29. The lowest BCUT2D eigenvalue weighted by Gasteiger charge is -2.18. The SMILES string of the molecule is CC(C)OC(=O)/C=C/C(=O)OCC1CCC(=O)O1.CCOC(=O)/C=C/C(=O)OCC1CCC(=O)O1.COC(=O)/C=C/C(=O)OCC1CCC(=O)N1C.COC(=O)/C=C/C(=O)OCC1CCC(=O)O1.O=C(O)/C=C/C(=O)OCC1CCC(=O)N1.O=C1CCC(COC(=O)/C=C/C(=O)OCC2COC(=O)N2)N1. The molecule has 578 valence electrons. The summed E-state index contributed by atoms with van der Waals surface area (Å²) >= 11 is 0. The van der Waals surface area contributed by atoms with E-state index in [-0.39, 0.29) is 144 Å². The summed E-state index contributed by atoms with van der Waals surface area (Å²) in [5.41, 5.74) is 0. The number of nitrogens with zero attached hydrogens (tertiary/aromatic N) is 1. The highest BCUT2D eigenvalue weighted by Gasteiger charge is 2.30. The van der Waals surface area contributed by atoms with Crippen molar-refractivity contribution >= 4 is 113 Å². The van der Waals surface area contributed by atoms with Gasteiger partial charge in [-0.2, -0.15) is 0 Å². The molecule has 39 heteroatoms. The number of likely N-dealkylation sites (tertiary alicyclic amines) is 1. The fourth-order valence-corrected chi connectivity index (χ4v) is 8.29. The van der Waals surface area contributed by atoms with Gasteiger partial charge in [-0.3, -0.25) is 28.8 Å². The van der Waals surface area contributed by atoms with Crippen molar-refractivity contribution in [1.82, 2.24) is 20.9 Å². The van der Waals surface area contributed by atoms with E-state index in [0.29, 0.717) is 83.1 Å². The average Bonchev–Trinajstić information content (AvgIpc) is 1.74. The first-order chi connectivity index (χ1) is 49.8. The monoisotopic (exact) mass is 1490 g/mol. The number of aliphatic carboxylic acids is 1. The lowest BCUT2D eigenvalue weighted by atomic mass is 10.2. The molecule has 4 N–H and O–H groups in total. The van der Waals surface area contributed by atoms with Gasteiger partial charge in [0.2, 0.25) is 17.7 Å². The maximum Gasteiger partial charge on any atom is 0.407 e. The third-order valence-electron chi connectivity index (χ3n) is 13.6. The van der Waals surface area contributed by atoms with E-state index in [2.05, 4.69) is 34.9 Å². The first-order valence-electron chi connectivity index (χ1n) is 32.2. The summed E-state index contributed by atoms with van der Waals surface area (Å²) in [6, 6.07) is -0.789. The fraction of sp³-hybridized carbons (Fsp3) is 0.530. The number of likely N-dealkylation sites (N-methyl/N-ethyl adjacent to an activating group) is 1. The third-order valence-corrected chi connectivity index (χ3v) is 13.6. The minimum atomic E-state index is -1.21. The number of carbonyl (C=O) groups excluding carboxylic acids is 18. The molecule has 7 aliphatic rings. The Morgan fingerprint density at radius 1 is 0.419 bits per heavy atom. The van der Waals surface area contributed by atoms with Crippen molar-refractivity contribution in [3.8, 4) is 0 Å². The van der Waals surface area contributed by atoms with Crippen LogP contribution in [-0.4, -0.2) is 253 Å². The molecule has 7 saturated heterocycles. The Hall–Kier alpha value is -11.8. The number of esters is 14. The Labute approximate surface area is 599 Å². The van der Waals surface area contributed by atoms with Gasteiger partial charge in [0, 0.05) is 118 Å². The van der Waals surface area contributed by atoms with Gasteiger partial charge in [0.15, 0.2) is 0 Å². The van der Waals surface area contributed by atoms with Crippen LogP contribution in [0.15, 0.2) is 72.9 Å². The number of carboxylic acid groups (broad SMARTS) is 1. The number of cyclic esters (lactones) is 4. The second-order valence-corrected chi connectivity index (χ2v) is 22.2. The van der Waals surface area contributed by atoms with E-state index in [1.807, 2.05) is 0 Å². The summed E-state index contributed by atoms with van der Waals surface area (Å²) in [5, 5.41) is 15.9. The van der Waals surface area contributed by atoms with Gasteiger partial charge in [-0.15, -0.1) is 0 Å². The molecular weight excluding hydrogens is 1410 g/mol. The number of nitrogens with one attached hydrogen (secondary N) is 3. The first-order valence-corrected chi connectivity index (χ1v) is 32.2. The van der Waals surface area contributed by atoms with E-state index in [1.54, 1.807) is 32.7 Å². The number of rotatable bonds is 28. The van der Waals surface area contributed by atoms with Crippen LogP contribution in [0, 0.1) is 0 Å². The van der Waals surface area contributed by atoms with Crippen LogP contribution in [-0.2, 0) is 157 Å². The predicted octanol–water partition coefficient (Wildman–Crippen LogP) is -0.594. The van der Waals surface area contributed by atoms with Crippen LogP contribution in [0.4, 0.5) is 4.79 Å². The summed E-state index contributed by atoms with van der Waals surface area (Å²) < 4.78 is 70.9. The standard InChI is InChI=1S/C13H16N2O7.C12H16O6.C11H15NO5.C11H14O6.C10H12O6.C9H11NO5/c16-10-2-1-8(14-10)5-20-11(17)3-4-12(18)21-6-9-7-22-13(19)15-9;1-8(2)17-11(14)6-5-10(13)16-7-9-3-4-12(15)18-9;1-12-8(3-4-9(12)13)7-17-11(15)6-5-10(14)16-2;1-2-15-9(12)5-6-10(13)16-7-8-3-4-11(14)17-8;1-14-8(11)4-5-9(12)15-6-7-2-3-10(13)16-7;11-7-2-1-6(10-7)5-15-9(14)4-3-8(12)13/h3-4,8-9H,1-2,5-7H2,(H,14,16)(H,15,19);5-6,8-9H,3-4,7H2,1-2H3;5-6,8H,3-4,7H2,1-2H3;5-6,8H,2-4,7H2,1H3;4-5,7H,2-3,6H2,1H3;3-4,6H,1-2,5H2,(H,10,11)(H,12,13)/b4-3+;3*6-5+;5-4+;4-3+. The van der Waals surface area contributed by atoms with Crippen molar-refractivity contribution in [1.29, 1.82) is 0 Å². The molecule has 0 aromatic rings. The number of methoxy groups -OCH3 is 2. The molecular formula is C66H84N4O35. The van der Waals surface area contributed by atoms with Gasteiger partial charge < -0.3 is 97.0 Å². The molecule has 7 aliphatic heterocycles. The molecule has 0 bridgehead atoms. The molecule has 7 rings (SSSR count). The summed E-state index contributed by atoms with van der Waals surface area (Å²) in [7, 11) is 4.10. The van der Waals surface area contributed by atoms with E-state index in [0.717, 1.165) is 66.8 Å². The maximum atomic E-state index is 11.4. The smallest absolute Gasteiger partial charge is 0.407 e. The Kier molecular flexibility index (Phi) is 42.9. The van der Waals surface area contributed by atoms with E-state index in [1.165, 1.54) is 14.2 Å². The predicted molar refractivity (Wildman–Crippen MR) is 345 cm³/mol. The molecule has 0 radical (unpaired) electrons. The van der Waals surface area contributed by atoms with Crippen molar-refractivity contribution in [2.75, 3.05) is 80.7 Å². The lowest BCUT2D eigenvalue weighted by molar-refractivity contribution is -0.149. The molecule has 0 aromatic heterocycles. The Balaban J connectivity index is 0.000000430. The largest absolute Gasteiger partial charge is 0.478 e. The van der Waals surface area contributed by atoms with Gasteiger partial charge in [0.1, 0.15) is 77.2 Å². The van der Waals surface area contributed by atoms with Crippen LogP contribution in [0.2, 0.25) is 0 Å². The van der Waals surface area contributed by atoms with Crippen LogP contribution in [0.1, 0.15) is 97.8 Å². The summed E-state index contributed by atoms with van der Waals surface area (Å²) in [4.78, 5) is 209. The highest BCUT2D eigenvalue weighted by atomic mass is 16.6. The zero-order valence-corrected chi connectivity index (χ0v) is 58.2. The van der Waals surface area contributed by atoms with Crippen LogP contribution in [0.25, 0.3) is 0 Å². The molecule has 0 saturated carbocycles. The molecule has 7 unspecified atom stereocenters. The number of amides is 4. The van der Waals surface area contributed by atoms with E-state index in [4.69, 9.17) is 57.2 Å². The molecule has 7 atom stereocenters. The highest BCUT2D eigenvalue weighted by molar-refractivity contribution is 5.95. The molecule has 0 spiro atoms. The normalized spacial score (nSPS) is 20.4. The minimum Gasteiger partial charge on any atom is -0.478 e. The van der Waals surface area contributed by atoms with E-state index in [9.17, 15) is 91.1 Å². The van der Waals surface area contributed by atoms with Gasteiger partial charge >= 0.3 is 95.6 Å². The topological polar surface area (TPSA) is 522 Å². The van der Waals surface area contributed by atoms with Gasteiger partial charge in [-0.05, 0) is 59.3 Å². The summed E-state index contributed by atoms with van der Waals surface area (Å²) in [6.45, 7) is 5.73. The molecule has 105 heavy (non-hydrogen) atoms. The Bertz CT molecular complexity index is 3210. The maximum absolute atomic E-state index is 11.4. The summed E-state index contributed by atoms with van der Waals surface area (Å²) in [6.07, 6.45) is 15.3. The number of carboxylic acids is 1. The minimum absolute atomic E-state index is 0.00808. The van der Waals surface area contributed by atoms with Gasteiger partial charge in [0.25, 0.3) is 0 Å². The quantitative estimate of drug-likeness (QED) is 0.0432. The zero-order chi connectivity index (χ0) is 78.2. The van der Waals surface area contributed by atoms with E-state index < -0.39 is 77.7 Å². The number of carbonyl (C=O) groups is 19. The van der Waals surface area contributed by atoms with Crippen LogP contribution in [0.3, 0.4) is 0 Å². The highest BCUT2D eigenvalue weighted by Crippen LogP contribution is 2.18. The van der Waals surface area contributed by atoms with Gasteiger partial charge in [-0.1, -0.05) is 0 Å². The molecule has 7 heterocycles.